The third-order valence-corrected chi connectivity index (χ3v) is 3.52. The predicted molar refractivity (Wildman–Crippen MR) is 72.5 cm³/mol. The number of hydrogen-bond donors (Lipinski definition) is 1. The summed E-state index contributed by atoms with van der Waals surface area (Å²) in [5.74, 6) is 1.09. The molecule has 17 heavy (non-hydrogen) atoms. The molecule has 2 aromatic rings. The summed E-state index contributed by atoms with van der Waals surface area (Å²) in [6.45, 7) is 0. The van der Waals surface area contributed by atoms with Crippen LogP contribution in [0.5, 0.6) is 0 Å². The van der Waals surface area contributed by atoms with Gasteiger partial charge in [-0.25, -0.2) is 9.97 Å². The molecule has 0 bridgehead atoms. The minimum absolute atomic E-state index is 0.467. The second kappa shape index (κ2) is 5.58. The normalized spacial score (nSPS) is 10.5. The number of aromatic nitrogens is 2. The largest absolute Gasteiger partial charge is 0.384 e. The van der Waals surface area contributed by atoms with Crippen LogP contribution in [-0.2, 0) is 5.75 Å². The van der Waals surface area contributed by atoms with Crippen molar-refractivity contribution in [3.63, 3.8) is 0 Å². The summed E-state index contributed by atoms with van der Waals surface area (Å²) < 4.78 is 0. The molecule has 88 valence electrons. The predicted octanol–water partition coefficient (Wildman–Crippen LogP) is 3.66. The first-order valence-corrected chi connectivity index (χ1v) is 6.54. The average Bonchev–Trinajstić information content (AvgIpc) is 2.32. The molecule has 0 aliphatic rings. The molecule has 0 radical (unpaired) electrons. The van der Waals surface area contributed by atoms with Crippen LogP contribution in [0.3, 0.4) is 0 Å². The van der Waals surface area contributed by atoms with E-state index in [9.17, 15) is 0 Å². The van der Waals surface area contributed by atoms with E-state index in [4.69, 9.17) is 28.9 Å². The van der Waals surface area contributed by atoms with Crippen LogP contribution >= 0.6 is 35.0 Å². The Balaban J connectivity index is 2.07. The molecule has 2 N–H and O–H groups in total. The highest BCUT2D eigenvalue weighted by molar-refractivity contribution is 7.98. The molecule has 0 saturated heterocycles. The number of nitrogen functional groups attached to an aromatic ring is 1. The monoisotopic (exact) mass is 285 g/mol. The number of anilines is 1. The van der Waals surface area contributed by atoms with Crippen LogP contribution in [0.25, 0.3) is 0 Å². The zero-order valence-electron chi connectivity index (χ0n) is 8.73. The third kappa shape index (κ3) is 3.49. The Bertz CT molecular complexity index is 517. The zero-order chi connectivity index (χ0) is 12.3. The highest BCUT2D eigenvalue weighted by Crippen LogP contribution is 2.25. The van der Waals surface area contributed by atoms with E-state index in [-0.39, 0.29) is 0 Å². The van der Waals surface area contributed by atoms with Gasteiger partial charge in [0.1, 0.15) is 5.82 Å². The van der Waals surface area contributed by atoms with Crippen molar-refractivity contribution in [1.82, 2.24) is 9.97 Å². The van der Waals surface area contributed by atoms with Gasteiger partial charge in [0, 0.05) is 11.9 Å². The van der Waals surface area contributed by atoms with Gasteiger partial charge in [0.25, 0.3) is 0 Å². The fraction of sp³-hybridized carbons (Fsp3) is 0.0909. The van der Waals surface area contributed by atoms with Gasteiger partial charge in [0.05, 0.1) is 20.8 Å². The van der Waals surface area contributed by atoms with Crippen LogP contribution in [0.1, 0.15) is 5.69 Å². The van der Waals surface area contributed by atoms with E-state index in [0.29, 0.717) is 21.6 Å². The van der Waals surface area contributed by atoms with Crippen LogP contribution in [0, 0.1) is 0 Å². The van der Waals surface area contributed by atoms with Crippen molar-refractivity contribution in [1.29, 1.82) is 0 Å². The van der Waals surface area contributed by atoms with Crippen molar-refractivity contribution in [2.45, 2.75) is 10.8 Å². The van der Waals surface area contributed by atoms with Crippen molar-refractivity contribution in [3.05, 3.63) is 46.2 Å². The molecule has 0 aliphatic carbocycles. The maximum Gasteiger partial charge on any atom is 0.123 e. The van der Waals surface area contributed by atoms with E-state index in [0.717, 1.165) is 10.7 Å². The zero-order valence-corrected chi connectivity index (χ0v) is 11.1. The summed E-state index contributed by atoms with van der Waals surface area (Å²) in [5, 5.41) is 2.10. The van der Waals surface area contributed by atoms with Crippen molar-refractivity contribution in [3.8, 4) is 0 Å². The Morgan fingerprint density at radius 1 is 1.18 bits per heavy atom. The van der Waals surface area contributed by atoms with Crippen LogP contribution < -0.4 is 5.73 Å². The quantitative estimate of drug-likeness (QED) is 0.875. The van der Waals surface area contributed by atoms with Gasteiger partial charge in [-0.05, 0) is 24.3 Å². The number of hydrogen-bond acceptors (Lipinski definition) is 4. The minimum Gasteiger partial charge on any atom is -0.384 e. The number of pyridine rings is 2. The minimum atomic E-state index is 0.467. The lowest BCUT2D eigenvalue weighted by Gasteiger charge is -2.04. The first-order chi connectivity index (χ1) is 8.15. The van der Waals surface area contributed by atoms with E-state index in [2.05, 4.69) is 9.97 Å². The summed E-state index contributed by atoms with van der Waals surface area (Å²) in [6, 6.07) is 7.07. The van der Waals surface area contributed by atoms with E-state index >= 15 is 0 Å². The number of halogens is 2. The molecule has 2 heterocycles. The van der Waals surface area contributed by atoms with Crippen LogP contribution in [0.2, 0.25) is 10.0 Å². The molecule has 2 aromatic heterocycles. The van der Waals surface area contributed by atoms with Gasteiger partial charge in [-0.3, -0.25) is 0 Å². The maximum absolute atomic E-state index is 6.01. The van der Waals surface area contributed by atoms with Crippen molar-refractivity contribution in [2.75, 3.05) is 5.73 Å². The molecule has 0 fully saturated rings. The standard InChI is InChI=1S/C11H9Cl2N3S/c12-7-1-4-11(15-5-7)17-6-9-8(13)2-3-10(14)16-9/h1-5H,6H2,(H2,14,16). The van der Waals surface area contributed by atoms with Gasteiger partial charge in [-0.15, -0.1) is 0 Å². The molecular weight excluding hydrogens is 277 g/mol. The van der Waals surface area contributed by atoms with Gasteiger partial charge in [-0.2, -0.15) is 0 Å². The lowest BCUT2D eigenvalue weighted by molar-refractivity contribution is 1.12. The molecule has 0 aliphatic heterocycles. The van der Waals surface area contributed by atoms with E-state index in [1.165, 1.54) is 11.8 Å². The second-order valence-electron chi connectivity index (χ2n) is 3.27. The molecule has 0 saturated carbocycles. The fourth-order valence-corrected chi connectivity index (χ4v) is 2.35. The Morgan fingerprint density at radius 3 is 2.71 bits per heavy atom. The first kappa shape index (κ1) is 12.5. The molecule has 0 unspecified atom stereocenters. The lowest BCUT2D eigenvalue weighted by atomic mass is 10.4. The number of thioether (sulfide) groups is 1. The van der Waals surface area contributed by atoms with Crippen molar-refractivity contribution in [2.24, 2.45) is 0 Å². The molecule has 2 rings (SSSR count). The number of rotatable bonds is 3. The van der Waals surface area contributed by atoms with Crippen LogP contribution in [0.4, 0.5) is 5.82 Å². The summed E-state index contributed by atoms with van der Waals surface area (Å²) in [5.41, 5.74) is 6.36. The number of nitrogens with zero attached hydrogens (tertiary/aromatic N) is 2. The Labute approximate surface area is 113 Å². The second-order valence-corrected chi connectivity index (χ2v) is 5.11. The summed E-state index contributed by atoms with van der Waals surface area (Å²) in [7, 11) is 0. The van der Waals surface area contributed by atoms with Gasteiger partial charge in [0.15, 0.2) is 0 Å². The number of nitrogens with two attached hydrogens (primary N) is 1. The van der Waals surface area contributed by atoms with Crippen molar-refractivity contribution < 1.29 is 0 Å². The lowest BCUT2D eigenvalue weighted by Crippen LogP contribution is -1.95. The molecule has 0 aromatic carbocycles. The average molecular weight is 286 g/mol. The third-order valence-electron chi connectivity index (χ3n) is 2.00. The summed E-state index contributed by atoms with van der Waals surface area (Å²) in [6.07, 6.45) is 1.61. The molecule has 3 nitrogen and oxygen atoms in total. The SMILES string of the molecule is Nc1ccc(Cl)c(CSc2ccc(Cl)cn2)n1. The molecule has 0 atom stereocenters. The van der Waals surface area contributed by atoms with Gasteiger partial charge in [0.2, 0.25) is 0 Å². The Hall–Kier alpha value is -0.970. The fourth-order valence-electron chi connectivity index (χ4n) is 1.19. The highest BCUT2D eigenvalue weighted by Gasteiger charge is 2.04. The maximum atomic E-state index is 6.01. The Kier molecular flexibility index (Phi) is 4.10. The molecule has 0 amide bonds. The Morgan fingerprint density at radius 2 is 2.00 bits per heavy atom. The van der Waals surface area contributed by atoms with Gasteiger partial charge in [-0.1, -0.05) is 35.0 Å². The molecular formula is C11H9Cl2N3S. The van der Waals surface area contributed by atoms with Gasteiger partial charge >= 0.3 is 0 Å². The summed E-state index contributed by atoms with van der Waals surface area (Å²) in [4.78, 5) is 8.35. The van der Waals surface area contributed by atoms with E-state index < -0.39 is 0 Å². The van der Waals surface area contributed by atoms with Gasteiger partial charge < -0.3 is 5.73 Å². The van der Waals surface area contributed by atoms with Crippen LogP contribution in [-0.4, -0.2) is 9.97 Å². The van der Waals surface area contributed by atoms with E-state index in [1.807, 2.05) is 6.07 Å². The highest BCUT2D eigenvalue weighted by atomic mass is 35.5. The van der Waals surface area contributed by atoms with Crippen molar-refractivity contribution >= 4 is 40.8 Å². The molecule has 0 spiro atoms. The molecule has 6 heteroatoms. The first-order valence-electron chi connectivity index (χ1n) is 4.80. The van der Waals surface area contributed by atoms with E-state index in [1.54, 1.807) is 24.4 Å². The summed E-state index contributed by atoms with van der Waals surface area (Å²) >= 11 is 13.3. The van der Waals surface area contributed by atoms with Crippen LogP contribution in [0.15, 0.2) is 35.5 Å². The topological polar surface area (TPSA) is 51.8 Å². The smallest absolute Gasteiger partial charge is 0.123 e.